The molecule has 0 aromatic heterocycles. The molecule has 5 heteroatoms. The predicted octanol–water partition coefficient (Wildman–Crippen LogP) is 5.51. The van der Waals surface area contributed by atoms with Crippen LogP contribution in [0.5, 0.6) is 5.75 Å². The molecule has 0 aliphatic heterocycles. The Balaban J connectivity index is 1.48. The van der Waals surface area contributed by atoms with Gasteiger partial charge in [-0.2, -0.15) is 0 Å². The second kappa shape index (κ2) is 12.5. The van der Waals surface area contributed by atoms with E-state index in [1.165, 1.54) is 0 Å². The standard InChI is InChI=1S/C32H32N2O3/c1-23(26-9-5-3-6-10-26)33-32(36)30(34-31(35)22-25-15-19-29(37-2)20-16-25)21-24-13-17-28(18-14-24)27-11-7-4-8-12-27/h3-20,23,30H,21-22H2,1-2H3,(H,33,36)(H,34,35)/t23-,30+/m1/s1. The van der Waals surface area contributed by atoms with Crippen LogP contribution in [0.4, 0.5) is 0 Å². The number of nitrogens with one attached hydrogen (secondary N) is 2. The van der Waals surface area contributed by atoms with E-state index in [-0.39, 0.29) is 24.3 Å². The van der Waals surface area contributed by atoms with Crippen molar-refractivity contribution in [2.45, 2.75) is 31.8 Å². The maximum atomic E-state index is 13.3. The fourth-order valence-corrected chi connectivity index (χ4v) is 4.22. The second-order valence-electron chi connectivity index (χ2n) is 9.05. The molecule has 37 heavy (non-hydrogen) atoms. The number of ether oxygens (including phenoxy) is 1. The zero-order valence-corrected chi connectivity index (χ0v) is 21.2. The zero-order chi connectivity index (χ0) is 26.0. The van der Waals surface area contributed by atoms with Crippen LogP contribution in [0.15, 0.2) is 109 Å². The van der Waals surface area contributed by atoms with Crippen molar-refractivity contribution in [3.05, 3.63) is 126 Å². The Hall–Kier alpha value is -4.38. The van der Waals surface area contributed by atoms with Crippen LogP contribution < -0.4 is 15.4 Å². The third-order valence-corrected chi connectivity index (χ3v) is 6.33. The van der Waals surface area contributed by atoms with Gasteiger partial charge in [0, 0.05) is 6.42 Å². The van der Waals surface area contributed by atoms with Crippen molar-refractivity contribution in [3.63, 3.8) is 0 Å². The van der Waals surface area contributed by atoms with Gasteiger partial charge in [0.25, 0.3) is 0 Å². The predicted molar refractivity (Wildman–Crippen MR) is 147 cm³/mol. The van der Waals surface area contributed by atoms with Gasteiger partial charge in [0.2, 0.25) is 11.8 Å². The van der Waals surface area contributed by atoms with Gasteiger partial charge in [0.15, 0.2) is 0 Å². The first-order valence-electron chi connectivity index (χ1n) is 12.4. The van der Waals surface area contributed by atoms with Gasteiger partial charge in [-0.25, -0.2) is 0 Å². The fourth-order valence-electron chi connectivity index (χ4n) is 4.22. The van der Waals surface area contributed by atoms with Crippen LogP contribution in [0, 0.1) is 0 Å². The first-order chi connectivity index (χ1) is 18.0. The van der Waals surface area contributed by atoms with Crippen LogP contribution in [0.2, 0.25) is 0 Å². The summed E-state index contributed by atoms with van der Waals surface area (Å²) in [5, 5.41) is 6.03. The quantitative estimate of drug-likeness (QED) is 0.307. The van der Waals surface area contributed by atoms with Gasteiger partial charge in [-0.3, -0.25) is 9.59 Å². The molecular weight excluding hydrogens is 460 g/mol. The van der Waals surface area contributed by atoms with Crippen molar-refractivity contribution < 1.29 is 14.3 Å². The average Bonchev–Trinajstić information content (AvgIpc) is 2.94. The Labute approximate surface area is 218 Å². The summed E-state index contributed by atoms with van der Waals surface area (Å²) in [4.78, 5) is 26.3. The van der Waals surface area contributed by atoms with Gasteiger partial charge in [-0.1, -0.05) is 97.1 Å². The number of hydrogen-bond donors (Lipinski definition) is 2. The number of carbonyl (C=O) groups is 2. The SMILES string of the molecule is COc1ccc(CC(=O)N[C@@H](Cc2ccc(-c3ccccc3)cc2)C(=O)N[C@H](C)c2ccccc2)cc1. The molecule has 4 rings (SSSR count). The summed E-state index contributed by atoms with van der Waals surface area (Å²) in [5.41, 5.74) is 5.06. The highest BCUT2D eigenvalue weighted by Crippen LogP contribution is 2.20. The highest BCUT2D eigenvalue weighted by molar-refractivity contribution is 5.89. The minimum atomic E-state index is -0.709. The number of benzene rings is 4. The molecule has 5 nitrogen and oxygen atoms in total. The van der Waals surface area contributed by atoms with Gasteiger partial charge in [0.1, 0.15) is 11.8 Å². The Morgan fingerprint density at radius 2 is 1.27 bits per heavy atom. The molecule has 0 heterocycles. The lowest BCUT2D eigenvalue weighted by atomic mass is 9.99. The maximum Gasteiger partial charge on any atom is 0.243 e. The van der Waals surface area contributed by atoms with Gasteiger partial charge in [-0.05, 0) is 46.9 Å². The number of hydrogen-bond acceptors (Lipinski definition) is 3. The Bertz CT molecular complexity index is 1290. The maximum absolute atomic E-state index is 13.3. The van der Waals surface area contributed by atoms with E-state index < -0.39 is 6.04 Å². The molecule has 0 aliphatic carbocycles. The van der Waals surface area contributed by atoms with Crippen LogP contribution in [0.25, 0.3) is 11.1 Å². The van der Waals surface area contributed by atoms with E-state index in [0.29, 0.717) is 6.42 Å². The third-order valence-electron chi connectivity index (χ3n) is 6.33. The molecule has 0 unspecified atom stereocenters. The summed E-state index contributed by atoms with van der Waals surface area (Å²) in [6.07, 6.45) is 0.561. The Kier molecular flexibility index (Phi) is 8.71. The van der Waals surface area contributed by atoms with Crippen molar-refractivity contribution in [1.82, 2.24) is 10.6 Å². The molecule has 0 aliphatic rings. The molecular formula is C32H32N2O3. The van der Waals surface area contributed by atoms with Crippen molar-refractivity contribution in [2.24, 2.45) is 0 Å². The highest BCUT2D eigenvalue weighted by atomic mass is 16.5. The van der Waals surface area contributed by atoms with E-state index >= 15 is 0 Å². The monoisotopic (exact) mass is 492 g/mol. The van der Waals surface area contributed by atoms with E-state index in [1.54, 1.807) is 7.11 Å². The summed E-state index contributed by atoms with van der Waals surface area (Å²) < 4.78 is 5.19. The molecule has 4 aromatic carbocycles. The molecule has 2 amide bonds. The summed E-state index contributed by atoms with van der Waals surface area (Å²) >= 11 is 0. The van der Waals surface area contributed by atoms with Crippen LogP contribution in [-0.4, -0.2) is 25.0 Å². The molecule has 0 bridgehead atoms. The van der Waals surface area contributed by atoms with Crippen molar-refractivity contribution in [1.29, 1.82) is 0 Å². The normalized spacial score (nSPS) is 12.3. The molecule has 188 valence electrons. The minimum absolute atomic E-state index is 0.176. The number of methoxy groups -OCH3 is 1. The van der Waals surface area contributed by atoms with E-state index in [4.69, 9.17) is 4.74 Å². The Morgan fingerprint density at radius 1 is 0.703 bits per heavy atom. The molecule has 2 N–H and O–H groups in total. The highest BCUT2D eigenvalue weighted by Gasteiger charge is 2.23. The van der Waals surface area contributed by atoms with Crippen LogP contribution in [-0.2, 0) is 22.4 Å². The first-order valence-corrected chi connectivity index (χ1v) is 12.4. The van der Waals surface area contributed by atoms with Gasteiger partial charge in [-0.15, -0.1) is 0 Å². The Morgan fingerprint density at radius 3 is 1.89 bits per heavy atom. The molecule has 4 aromatic rings. The number of amides is 2. The molecule has 0 saturated carbocycles. The van der Waals surface area contributed by atoms with Crippen molar-refractivity contribution >= 4 is 11.8 Å². The second-order valence-corrected chi connectivity index (χ2v) is 9.05. The van der Waals surface area contributed by atoms with E-state index in [1.807, 2.05) is 104 Å². The zero-order valence-electron chi connectivity index (χ0n) is 21.2. The summed E-state index contributed by atoms with van der Waals surface area (Å²) in [7, 11) is 1.60. The largest absolute Gasteiger partial charge is 0.497 e. The molecule has 0 fully saturated rings. The summed E-state index contributed by atoms with van der Waals surface area (Å²) in [6.45, 7) is 1.94. The fraction of sp³-hybridized carbons (Fsp3) is 0.188. The summed E-state index contributed by atoms with van der Waals surface area (Å²) in [6, 6.07) is 34.5. The number of rotatable bonds is 10. The molecule has 2 atom stereocenters. The third kappa shape index (κ3) is 7.31. The molecule has 0 saturated heterocycles. The lowest BCUT2D eigenvalue weighted by Crippen LogP contribution is -2.49. The summed E-state index contributed by atoms with van der Waals surface area (Å²) in [5.74, 6) is 0.306. The minimum Gasteiger partial charge on any atom is -0.497 e. The van der Waals surface area contributed by atoms with E-state index in [0.717, 1.165) is 33.6 Å². The van der Waals surface area contributed by atoms with Gasteiger partial charge < -0.3 is 15.4 Å². The van der Waals surface area contributed by atoms with Gasteiger partial charge >= 0.3 is 0 Å². The van der Waals surface area contributed by atoms with Crippen LogP contribution >= 0.6 is 0 Å². The smallest absolute Gasteiger partial charge is 0.243 e. The lowest BCUT2D eigenvalue weighted by molar-refractivity contribution is -0.129. The lowest BCUT2D eigenvalue weighted by Gasteiger charge is -2.22. The van der Waals surface area contributed by atoms with E-state index in [9.17, 15) is 9.59 Å². The van der Waals surface area contributed by atoms with Crippen molar-refractivity contribution in [2.75, 3.05) is 7.11 Å². The molecule has 0 radical (unpaired) electrons. The van der Waals surface area contributed by atoms with Gasteiger partial charge in [0.05, 0.1) is 19.6 Å². The van der Waals surface area contributed by atoms with Crippen molar-refractivity contribution in [3.8, 4) is 16.9 Å². The van der Waals surface area contributed by atoms with Crippen LogP contribution in [0.3, 0.4) is 0 Å². The number of carbonyl (C=O) groups excluding carboxylic acids is 2. The topological polar surface area (TPSA) is 67.4 Å². The van der Waals surface area contributed by atoms with E-state index in [2.05, 4.69) is 22.8 Å². The van der Waals surface area contributed by atoms with Crippen LogP contribution in [0.1, 0.15) is 29.7 Å². The average molecular weight is 493 g/mol. The molecule has 0 spiro atoms. The first kappa shape index (κ1) is 25.7.